The number of rotatable bonds is 4. The summed E-state index contributed by atoms with van der Waals surface area (Å²) in [6.45, 7) is 0. The minimum Gasteiger partial charge on any atom is -0.469 e. The summed E-state index contributed by atoms with van der Waals surface area (Å²) in [6.07, 6.45) is 3.76. The summed E-state index contributed by atoms with van der Waals surface area (Å²) in [4.78, 5) is 15.1. The van der Waals surface area contributed by atoms with Gasteiger partial charge in [0.1, 0.15) is 0 Å². The fourth-order valence-electron chi connectivity index (χ4n) is 1.55. The third-order valence-electron chi connectivity index (χ3n) is 2.50. The van der Waals surface area contributed by atoms with E-state index in [1.54, 1.807) is 12.4 Å². The summed E-state index contributed by atoms with van der Waals surface area (Å²) < 4.78 is 4.62. The van der Waals surface area contributed by atoms with Gasteiger partial charge in [-0.25, -0.2) is 0 Å². The molecule has 1 aromatic carbocycles. The highest BCUT2D eigenvalue weighted by molar-refractivity contribution is 5.72. The zero-order valence-corrected chi connectivity index (χ0v) is 10.1. The molecule has 1 N–H and O–H groups in total. The van der Waals surface area contributed by atoms with Gasteiger partial charge in [-0.1, -0.05) is 12.1 Å². The Hall–Kier alpha value is -2.36. The molecule has 4 heteroatoms. The van der Waals surface area contributed by atoms with Crippen LogP contribution in [0.25, 0.3) is 0 Å². The maximum absolute atomic E-state index is 11.1. The number of carbonyl (C=O) groups excluding carboxylic acids is 1. The molecule has 0 atom stereocenters. The molecule has 0 spiro atoms. The van der Waals surface area contributed by atoms with E-state index in [1.807, 2.05) is 36.4 Å². The molecule has 18 heavy (non-hydrogen) atoms. The van der Waals surface area contributed by atoms with Crippen LogP contribution in [0.5, 0.6) is 0 Å². The van der Waals surface area contributed by atoms with Crippen molar-refractivity contribution in [2.75, 3.05) is 12.4 Å². The van der Waals surface area contributed by atoms with Crippen LogP contribution in [0, 0.1) is 0 Å². The Morgan fingerprint density at radius 2 is 1.72 bits per heavy atom. The van der Waals surface area contributed by atoms with Gasteiger partial charge in [-0.3, -0.25) is 9.78 Å². The Bertz CT molecular complexity index is 509. The van der Waals surface area contributed by atoms with Crippen LogP contribution in [-0.2, 0) is 16.0 Å². The Kier molecular flexibility index (Phi) is 3.91. The smallest absolute Gasteiger partial charge is 0.309 e. The second-order valence-electron chi connectivity index (χ2n) is 3.81. The second kappa shape index (κ2) is 5.82. The zero-order chi connectivity index (χ0) is 12.8. The van der Waals surface area contributed by atoms with Crippen molar-refractivity contribution < 1.29 is 9.53 Å². The standard InChI is InChI=1S/C14H14N2O2/c1-18-14(17)10-11-2-4-12(5-3-11)16-13-6-8-15-9-7-13/h2-9H,10H2,1H3,(H,15,16). The van der Waals surface area contributed by atoms with Crippen LogP contribution in [0.15, 0.2) is 48.8 Å². The van der Waals surface area contributed by atoms with E-state index >= 15 is 0 Å². The van der Waals surface area contributed by atoms with Gasteiger partial charge in [0.15, 0.2) is 0 Å². The number of esters is 1. The quantitative estimate of drug-likeness (QED) is 0.837. The number of anilines is 2. The number of pyridine rings is 1. The van der Waals surface area contributed by atoms with Gasteiger partial charge in [0.25, 0.3) is 0 Å². The summed E-state index contributed by atoms with van der Waals surface area (Å²) in [5, 5.41) is 3.24. The lowest BCUT2D eigenvalue weighted by Gasteiger charge is -2.06. The Morgan fingerprint density at radius 1 is 1.11 bits per heavy atom. The number of hydrogen-bond acceptors (Lipinski definition) is 4. The fraction of sp³-hybridized carbons (Fsp3) is 0.143. The minimum absolute atomic E-state index is 0.232. The maximum atomic E-state index is 11.1. The number of benzene rings is 1. The molecule has 1 aromatic heterocycles. The molecule has 1 heterocycles. The normalized spacial score (nSPS) is 9.83. The van der Waals surface area contributed by atoms with Gasteiger partial charge in [0.2, 0.25) is 0 Å². The molecule has 0 radical (unpaired) electrons. The summed E-state index contributed by atoms with van der Waals surface area (Å²) >= 11 is 0. The summed E-state index contributed by atoms with van der Waals surface area (Å²) in [7, 11) is 1.39. The van der Waals surface area contributed by atoms with Crippen molar-refractivity contribution in [1.29, 1.82) is 0 Å². The number of nitrogens with zero attached hydrogens (tertiary/aromatic N) is 1. The lowest BCUT2D eigenvalue weighted by Crippen LogP contribution is -2.04. The van der Waals surface area contributed by atoms with E-state index in [1.165, 1.54) is 7.11 Å². The van der Waals surface area contributed by atoms with Crippen molar-refractivity contribution in [3.63, 3.8) is 0 Å². The molecule has 0 aliphatic rings. The van der Waals surface area contributed by atoms with Gasteiger partial charge in [0.05, 0.1) is 13.5 Å². The van der Waals surface area contributed by atoms with Gasteiger partial charge in [-0.15, -0.1) is 0 Å². The molecule has 0 amide bonds. The van der Waals surface area contributed by atoms with Crippen LogP contribution >= 0.6 is 0 Å². The van der Waals surface area contributed by atoms with Crippen molar-refractivity contribution in [1.82, 2.24) is 4.98 Å². The van der Waals surface area contributed by atoms with Gasteiger partial charge in [0, 0.05) is 23.8 Å². The van der Waals surface area contributed by atoms with Gasteiger partial charge >= 0.3 is 5.97 Å². The van der Waals surface area contributed by atoms with E-state index < -0.39 is 0 Å². The lowest BCUT2D eigenvalue weighted by molar-refractivity contribution is -0.139. The highest BCUT2D eigenvalue weighted by atomic mass is 16.5. The van der Waals surface area contributed by atoms with Crippen molar-refractivity contribution in [2.24, 2.45) is 0 Å². The van der Waals surface area contributed by atoms with Crippen LogP contribution in [0.2, 0.25) is 0 Å². The first-order chi connectivity index (χ1) is 8.78. The molecule has 0 unspecified atom stereocenters. The summed E-state index contributed by atoms with van der Waals surface area (Å²) in [5.41, 5.74) is 2.88. The number of hydrogen-bond donors (Lipinski definition) is 1. The molecule has 0 fully saturated rings. The fourth-order valence-corrected chi connectivity index (χ4v) is 1.55. The number of nitrogens with one attached hydrogen (secondary N) is 1. The SMILES string of the molecule is COC(=O)Cc1ccc(Nc2ccncc2)cc1. The molecule has 0 bridgehead atoms. The number of aromatic nitrogens is 1. The highest BCUT2D eigenvalue weighted by Crippen LogP contribution is 2.16. The van der Waals surface area contributed by atoms with Crippen molar-refractivity contribution in [2.45, 2.75) is 6.42 Å². The van der Waals surface area contributed by atoms with Crippen LogP contribution < -0.4 is 5.32 Å². The molecule has 2 aromatic rings. The van der Waals surface area contributed by atoms with E-state index in [-0.39, 0.29) is 5.97 Å². The van der Waals surface area contributed by atoms with Crippen LogP contribution in [-0.4, -0.2) is 18.1 Å². The largest absolute Gasteiger partial charge is 0.469 e. The Balaban J connectivity index is 2.02. The first-order valence-corrected chi connectivity index (χ1v) is 5.61. The average molecular weight is 242 g/mol. The highest BCUT2D eigenvalue weighted by Gasteiger charge is 2.02. The van der Waals surface area contributed by atoms with Crippen molar-refractivity contribution in [3.05, 3.63) is 54.4 Å². The van der Waals surface area contributed by atoms with Gasteiger partial charge < -0.3 is 10.1 Å². The molecule has 4 nitrogen and oxygen atoms in total. The molecule has 0 saturated heterocycles. The Labute approximate surface area is 106 Å². The molecule has 2 rings (SSSR count). The number of carbonyl (C=O) groups is 1. The van der Waals surface area contributed by atoms with E-state index in [0.717, 1.165) is 16.9 Å². The maximum Gasteiger partial charge on any atom is 0.309 e. The predicted octanol–water partition coefficient (Wildman–Crippen LogP) is 2.54. The van der Waals surface area contributed by atoms with Crippen molar-refractivity contribution in [3.8, 4) is 0 Å². The van der Waals surface area contributed by atoms with E-state index in [2.05, 4.69) is 15.0 Å². The summed E-state index contributed by atoms with van der Waals surface area (Å²) in [5.74, 6) is -0.232. The molecule has 0 saturated carbocycles. The summed E-state index contributed by atoms with van der Waals surface area (Å²) in [6, 6.07) is 11.4. The average Bonchev–Trinajstić information content (AvgIpc) is 2.42. The van der Waals surface area contributed by atoms with Gasteiger partial charge in [-0.2, -0.15) is 0 Å². The van der Waals surface area contributed by atoms with E-state index in [9.17, 15) is 4.79 Å². The van der Waals surface area contributed by atoms with E-state index in [4.69, 9.17) is 0 Å². The van der Waals surface area contributed by atoms with Crippen LogP contribution in [0.1, 0.15) is 5.56 Å². The molecule has 0 aliphatic carbocycles. The third-order valence-corrected chi connectivity index (χ3v) is 2.50. The van der Waals surface area contributed by atoms with Gasteiger partial charge in [-0.05, 0) is 29.8 Å². The molecular weight excluding hydrogens is 228 g/mol. The molecule has 92 valence electrons. The first kappa shape index (κ1) is 12.1. The third kappa shape index (κ3) is 3.31. The van der Waals surface area contributed by atoms with Crippen molar-refractivity contribution >= 4 is 17.3 Å². The topological polar surface area (TPSA) is 51.2 Å². The van der Waals surface area contributed by atoms with E-state index in [0.29, 0.717) is 6.42 Å². The van der Waals surface area contributed by atoms with Crippen LogP contribution in [0.4, 0.5) is 11.4 Å². The van der Waals surface area contributed by atoms with Crippen LogP contribution in [0.3, 0.4) is 0 Å². The first-order valence-electron chi connectivity index (χ1n) is 5.61. The zero-order valence-electron chi connectivity index (χ0n) is 10.1. The monoisotopic (exact) mass is 242 g/mol. The predicted molar refractivity (Wildman–Crippen MR) is 69.7 cm³/mol. The number of methoxy groups -OCH3 is 1. The Morgan fingerprint density at radius 3 is 2.33 bits per heavy atom. The molecule has 0 aliphatic heterocycles. The lowest BCUT2D eigenvalue weighted by atomic mass is 10.1. The minimum atomic E-state index is -0.232. The number of ether oxygens (including phenoxy) is 1. The second-order valence-corrected chi connectivity index (χ2v) is 3.81. The molecular formula is C14H14N2O2.